The number of aromatic nitrogens is 2. The Kier molecular flexibility index (Phi) is 4.62. The molecule has 0 saturated carbocycles. The Bertz CT molecular complexity index is 556. The van der Waals surface area contributed by atoms with Crippen LogP contribution in [0.15, 0.2) is 36.7 Å². The Labute approximate surface area is 124 Å². The summed E-state index contributed by atoms with van der Waals surface area (Å²) in [6.07, 6.45) is 5.22. The van der Waals surface area contributed by atoms with Gasteiger partial charge in [0.1, 0.15) is 5.82 Å². The average molecular weight is 288 g/mol. The number of halogens is 1. The maximum absolute atomic E-state index is 12.9. The van der Waals surface area contributed by atoms with E-state index in [1.54, 1.807) is 12.1 Å². The molecule has 2 heterocycles. The minimum Gasteiger partial charge on any atom is -0.315 e. The zero-order valence-electron chi connectivity index (χ0n) is 12.1. The zero-order valence-corrected chi connectivity index (χ0v) is 12.1. The van der Waals surface area contributed by atoms with Crippen molar-refractivity contribution in [3.8, 4) is 0 Å². The largest absolute Gasteiger partial charge is 0.315 e. The van der Waals surface area contributed by atoms with Crippen molar-refractivity contribution in [2.24, 2.45) is 0 Å². The first-order chi connectivity index (χ1) is 10.3. The van der Waals surface area contributed by atoms with Crippen molar-refractivity contribution < 1.29 is 4.39 Å². The van der Waals surface area contributed by atoms with E-state index in [2.05, 4.69) is 21.5 Å². The van der Waals surface area contributed by atoms with Crippen LogP contribution in [0.1, 0.15) is 17.5 Å². The summed E-state index contributed by atoms with van der Waals surface area (Å²) in [4.78, 5) is 2.46. The van der Waals surface area contributed by atoms with Gasteiger partial charge in [0, 0.05) is 31.4 Å². The fourth-order valence-electron chi connectivity index (χ4n) is 2.67. The molecule has 0 bridgehead atoms. The molecule has 2 aromatic rings. The Morgan fingerprint density at radius 1 is 1.05 bits per heavy atom. The average Bonchev–Trinajstić information content (AvgIpc) is 2.75. The third-order valence-electron chi connectivity index (χ3n) is 3.78. The van der Waals surface area contributed by atoms with Crippen LogP contribution in [0.4, 0.5) is 4.39 Å². The highest BCUT2D eigenvalue weighted by Crippen LogP contribution is 2.08. The van der Waals surface area contributed by atoms with Crippen LogP contribution in [0.5, 0.6) is 0 Å². The minimum atomic E-state index is -0.199. The number of nitrogens with one attached hydrogen (secondary N) is 1. The van der Waals surface area contributed by atoms with Gasteiger partial charge in [-0.3, -0.25) is 9.58 Å². The fraction of sp³-hybridized carbons (Fsp3) is 0.438. The van der Waals surface area contributed by atoms with Gasteiger partial charge in [0.2, 0.25) is 0 Å². The van der Waals surface area contributed by atoms with Crippen LogP contribution in [-0.4, -0.2) is 40.9 Å². The molecule has 1 fully saturated rings. The molecule has 1 N–H and O–H groups in total. The number of nitrogens with zero attached hydrogens (tertiary/aromatic N) is 3. The van der Waals surface area contributed by atoms with Gasteiger partial charge < -0.3 is 5.32 Å². The van der Waals surface area contributed by atoms with E-state index < -0.39 is 0 Å². The van der Waals surface area contributed by atoms with E-state index in [0.29, 0.717) is 6.54 Å². The van der Waals surface area contributed by atoms with E-state index in [9.17, 15) is 4.39 Å². The molecule has 1 saturated heterocycles. The fourth-order valence-corrected chi connectivity index (χ4v) is 2.67. The molecule has 0 aliphatic carbocycles. The van der Waals surface area contributed by atoms with E-state index in [4.69, 9.17) is 0 Å². The SMILES string of the molecule is Fc1ccc(Cn2cc(CN3CCCNCC3)cn2)cc1. The van der Waals surface area contributed by atoms with Crippen LogP contribution in [0.25, 0.3) is 0 Å². The monoisotopic (exact) mass is 288 g/mol. The van der Waals surface area contributed by atoms with Gasteiger partial charge in [-0.05, 0) is 37.2 Å². The van der Waals surface area contributed by atoms with Crippen molar-refractivity contribution in [2.45, 2.75) is 19.5 Å². The molecular formula is C16H21FN4. The Morgan fingerprint density at radius 2 is 1.90 bits per heavy atom. The van der Waals surface area contributed by atoms with Gasteiger partial charge in [-0.15, -0.1) is 0 Å². The van der Waals surface area contributed by atoms with E-state index in [0.717, 1.165) is 38.3 Å². The summed E-state index contributed by atoms with van der Waals surface area (Å²) >= 11 is 0. The van der Waals surface area contributed by atoms with Crippen LogP contribution < -0.4 is 5.32 Å². The number of rotatable bonds is 4. The zero-order chi connectivity index (χ0) is 14.5. The molecular weight excluding hydrogens is 267 g/mol. The summed E-state index contributed by atoms with van der Waals surface area (Å²) in [5, 5.41) is 7.82. The molecule has 1 aliphatic heterocycles. The summed E-state index contributed by atoms with van der Waals surface area (Å²) in [7, 11) is 0. The Morgan fingerprint density at radius 3 is 2.76 bits per heavy atom. The van der Waals surface area contributed by atoms with Crippen molar-refractivity contribution in [3.05, 3.63) is 53.6 Å². The molecule has 0 radical (unpaired) electrons. The summed E-state index contributed by atoms with van der Waals surface area (Å²) in [6.45, 7) is 6.02. The second kappa shape index (κ2) is 6.83. The van der Waals surface area contributed by atoms with Crippen LogP contribution in [0.3, 0.4) is 0 Å². The summed E-state index contributed by atoms with van der Waals surface area (Å²) in [6, 6.07) is 6.59. The minimum absolute atomic E-state index is 0.199. The maximum Gasteiger partial charge on any atom is 0.123 e. The van der Waals surface area contributed by atoms with Crippen molar-refractivity contribution >= 4 is 0 Å². The van der Waals surface area contributed by atoms with E-state index in [-0.39, 0.29) is 5.82 Å². The molecule has 112 valence electrons. The van der Waals surface area contributed by atoms with Gasteiger partial charge >= 0.3 is 0 Å². The smallest absolute Gasteiger partial charge is 0.123 e. The van der Waals surface area contributed by atoms with Gasteiger partial charge in [-0.2, -0.15) is 5.10 Å². The van der Waals surface area contributed by atoms with Gasteiger partial charge in [-0.25, -0.2) is 4.39 Å². The number of benzene rings is 1. The van der Waals surface area contributed by atoms with Gasteiger partial charge in [-0.1, -0.05) is 12.1 Å². The number of hydrogen-bond acceptors (Lipinski definition) is 3. The highest BCUT2D eigenvalue weighted by atomic mass is 19.1. The lowest BCUT2D eigenvalue weighted by atomic mass is 10.2. The first kappa shape index (κ1) is 14.2. The van der Waals surface area contributed by atoms with Gasteiger partial charge in [0.15, 0.2) is 0 Å². The predicted octanol–water partition coefficient (Wildman–Crippen LogP) is 1.87. The quantitative estimate of drug-likeness (QED) is 0.932. The second-order valence-corrected chi connectivity index (χ2v) is 5.55. The van der Waals surface area contributed by atoms with Crippen LogP contribution >= 0.6 is 0 Å². The standard InChI is InChI=1S/C16H21FN4/c17-16-4-2-14(3-5-16)12-21-13-15(10-19-21)11-20-8-1-6-18-7-9-20/h2-5,10,13,18H,1,6-9,11-12H2. The molecule has 4 nitrogen and oxygen atoms in total. The molecule has 0 amide bonds. The normalized spacial score (nSPS) is 16.8. The lowest BCUT2D eigenvalue weighted by Crippen LogP contribution is -2.27. The van der Waals surface area contributed by atoms with Crippen LogP contribution in [0.2, 0.25) is 0 Å². The van der Waals surface area contributed by atoms with Crippen LogP contribution in [-0.2, 0) is 13.1 Å². The van der Waals surface area contributed by atoms with E-state index >= 15 is 0 Å². The molecule has 0 atom stereocenters. The lowest BCUT2D eigenvalue weighted by Gasteiger charge is -2.17. The van der Waals surface area contributed by atoms with Crippen molar-refractivity contribution in [2.75, 3.05) is 26.2 Å². The third kappa shape index (κ3) is 4.12. The third-order valence-corrected chi connectivity index (χ3v) is 3.78. The van der Waals surface area contributed by atoms with E-state index in [1.165, 1.54) is 24.1 Å². The molecule has 21 heavy (non-hydrogen) atoms. The molecule has 0 unspecified atom stereocenters. The van der Waals surface area contributed by atoms with E-state index in [1.807, 2.05) is 10.9 Å². The van der Waals surface area contributed by atoms with Crippen LogP contribution in [0, 0.1) is 5.82 Å². The molecule has 1 aromatic heterocycles. The Hall–Kier alpha value is -1.72. The second-order valence-electron chi connectivity index (χ2n) is 5.55. The molecule has 5 heteroatoms. The van der Waals surface area contributed by atoms with Crippen molar-refractivity contribution in [3.63, 3.8) is 0 Å². The first-order valence-electron chi connectivity index (χ1n) is 7.48. The van der Waals surface area contributed by atoms with Gasteiger partial charge in [0.05, 0.1) is 12.7 Å². The highest BCUT2D eigenvalue weighted by molar-refractivity contribution is 5.16. The Balaban J connectivity index is 1.59. The molecule has 1 aromatic carbocycles. The predicted molar refractivity (Wildman–Crippen MR) is 80.5 cm³/mol. The highest BCUT2D eigenvalue weighted by Gasteiger charge is 2.10. The maximum atomic E-state index is 12.9. The summed E-state index contributed by atoms with van der Waals surface area (Å²) in [5.41, 5.74) is 2.30. The van der Waals surface area contributed by atoms with Crippen molar-refractivity contribution in [1.82, 2.24) is 20.0 Å². The summed E-state index contributed by atoms with van der Waals surface area (Å²) in [5.74, 6) is -0.199. The summed E-state index contributed by atoms with van der Waals surface area (Å²) < 4.78 is 14.8. The first-order valence-corrected chi connectivity index (χ1v) is 7.48. The van der Waals surface area contributed by atoms with Crippen molar-refractivity contribution in [1.29, 1.82) is 0 Å². The lowest BCUT2D eigenvalue weighted by molar-refractivity contribution is 0.284. The molecule has 1 aliphatic rings. The topological polar surface area (TPSA) is 33.1 Å². The van der Waals surface area contributed by atoms with Gasteiger partial charge in [0.25, 0.3) is 0 Å². The number of hydrogen-bond donors (Lipinski definition) is 1. The molecule has 3 rings (SSSR count). The molecule has 0 spiro atoms.